The number of hydrogen-bond donors (Lipinski definition) is 1. The molecular formula is C22H16ClN3O3. The molecule has 0 atom stereocenters. The van der Waals surface area contributed by atoms with E-state index in [-0.39, 0.29) is 12.7 Å². The van der Waals surface area contributed by atoms with Crippen molar-refractivity contribution in [3.05, 3.63) is 83.3 Å². The van der Waals surface area contributed by atoms with E-state index in [0.29, 0.717) is 28.7 Å². The summed E-state index contributed by atoms with van der Waals surface area (Å²) < 4.78 is 12.5. The molecule has 4 aromatic rings. The predicted octanol–water partition coefficient (Wildman–Crippen LogP) is 4.31. The molecule has 29 heavy (non-hydrogen) atoms. The van der Waals surface area contributed by atoms with Gasteiger partial charge < -0.3 is 19.2 Å². The number of pyridine rings is 1. The van der Waals surface area contributed by atoms with Crippen molar-refractivity contribution in [2.24, 2.45) is 0 Å². The maximum Gasteiger partial charge on any atom is 0.271 e. The second kappa shape index (κ2) is 7.14. The zero-order valence-electron chi connectivity index (χ0n) is 15.3. The molecule has 0 aliphatic carbocycles. The van der Waals surface area contributed by atoms with E-state index in [4.69, 9.17) is 21.1 Å². The Morgan fingerprint density at radius 2 is 1.79 bits per heavy atom. The van der Waals surface area contributed by atoms with E-state index in [1.165, 1.54) is 0 Å². The molecule has 3 heterocycles. The van der Waals surface area contributed by atoms with Crippen LogP contribution in [-0.4, -0.2) is 22.1 Å². The molecule has 1 aliphatic heterocycles. The smallest absolute Gasteiger partial charge is 0.271 e. The van der Waals surface area contributed by atoms with E-state index in [2.05, 4.69) is 10.3 Å². The number of nitrogens with zero attached hydrogens (tertiary/aromatic N) is 2. The minimum Gasteiger partial charge on any atom is -0.454 e. The summed E-state index contributed by atoms with van der Waals surface area (Å²) in [5.74, 6) is 1.18. The maximum absolute atomic E-state index is 12.6. The second-order valence-electron chi connectivity index (χ2n) is 6.69. The molecule has 0 spiro atoms. The summed E-state index contributed by atoms with van der Waals surface area (Å²) in [6.07, 6.45) is 3.67. The Hall–Kier alpha value is -3.51. The SMILES string of the molecule is O=C(NCc1ccc2c(c1)OCO2)c1cn2cc(-c3ccc(Cl)cc3)ccc2n1. The van der Waals surface area contributed by atoms with Crippen molar-refractivity contribution in [3.8, 4) is 22.6 Å². The number of halogens is 1. The number of hydrogen-bond acceptors (Lipinski definition) is 4. The third-order valence-electron chi connectivity index (χ3n) is 4.75. The summed E-state index contributed by atoms with van der Waals surface area (Å²) in [4.78, 5) is 17.0. The largest absolute Gasteiger partial charge is 0.454 e. The normalized spacial score (nSPS) is 12.3. The van der Waals surface area contributed by atoms with Crippen molar-refractivity contribution in [3.63, 3.8) is 0 Å². The minimum absolute atomic E-state index is 0.227. The lowest BCUT2D eigenvalue weighted by atomic mass is 10.1. The van der Waals surface area contributed by atoms with Crippen LogP contribution in [0.15, 0.2) is 67.0 Å². The molecule has 7 heteroatoms. The highest BCUT2D eigenvalue weighted by Gasteiger charge is 2.15. The van der Waals surface area contributed by atoms with Crippen LogP contribution in [0.25, 0.3) is 16.8 Å². The molecule has 1 amide bonds. The summed E-state index contributed by atoms with van der Waals surface area (Å²) in [5.41, 5.74) is 4.05. The summed E-state index contributed by atoms with van der Waals surface area (Å²) >= 11 is 5.96. The quantitative estimate of drug-likeness (QED) is 0.549. The molecule has 144 valence electrons. The van der Waals surface area contributed by atoms with Crippen LogP contribution in [0.2, 0.25) is 5.02 Å². The Labute approximate surface area is 171 Å². The van der Waals surface area contributed by atoms with Crippen LogP contribution in [0, 0.1) is 0 Å². The van der Waals surface area contributed by atoms with Crippen LogP contribution >= 0.6 is 11.6 Å². The van der Waals surface area contributed by atoms with Crippen LogP contribution in [-0.2, 0) is 6.54 Å². The number of rotatable bonds is 4. The number of ether oxygens (including phenoxy) is 2. The third-order valence-corrected chi connectivity index (χ3v) is 5.00. The predicted molar refractivity (Wildman–Crippen MR) is 109 cm³/mol. The molecule has 2 aromatic heterocycles. The molecule has 6 nitrogen and oxygen atoms in total. The van der Waals surface area contributed by atoms with Gasteiger partial charge in [-0.2, -0.15) is 0 Å². The Morgan fingerprint density at radius 1 is 1.00 bits per heavy atom. The number of nitrogens with one attached hydrogen (secondary N) is 1. The molecule has 1 N–H and O–H groups in total. The van der Waals surface area contributed by atoms with Gasteiger partial charge in [0.1, 0.15) is 11.3 Å². The molecule has 2 aromatic carbocycles. The Balaban J connectivity index is 1.33. The molecule has 0 radical (unpaired) electrons. The fraction of sp³-hybridized carbons (Fsp3) is 0.0909. The van der Waals surface area contributed by atoms with E-state index < -0.39 is 0 Å². The number of imidazole rings is 1. The monoisotopic (exact) mass is 405 g/mol. The Kier molecular flexibility index (Phi) is 4.33. The molecule has 0 saturated carbocycles. The van der Waals surface area contributed by atoms with Crippen molar-refractivity contribution in [1.82, 2.24) is 14.7 Å². The fourth-order valence-corrected chi connectivity index (χ4v) is 3.36. The number of carbonyl (C=O) groups is 1. The topological polar surface area (TPSA) is 64.9 Å². The maximum atomic E-state index is 12.6. The third kappa shape index (κ3) is 3.50. The van der Waals surface area contributed by atoms with E-state index in [9.17, 15) is 4.79 Å². The van der Waals surface area contributed by atoms with E-state index in [0.717, 1.165) is 22.4 Å². The van der Waals surface area contributed by atoms with Gasteiger partial charge in [0.05, 0.1) is 0 Å². The van der Waals surface area contributed by atoms with Gasteiger partial charge in [-0.05, 0) is 53.1 Å². The zero-order valence-corrected chi connectivity index (χ0v) is 16.0. The van der Waals surface area contributed by atoms with Crippen molar-refractivity contribution >= 4 is 23.2 Å². The van der Waals surface area contributed by atoms with E-state index in [1.54, 1.807) is 6.20 Å². The van der Waals surface area contributed by atoms with Gasteiger partial charge in [0.25, 0.3) is 5.91 Å². The van der Waals surface area contributed by atoms with Crippen molar-refractivity contribution in [1.29, 1.82) is 0 Å². The summed E-state index contributed by atoms with van der Waals surface area (Å²) in [5, 5.41) is 3.59. The first kappa shape index (κ1) is 17.6. The first-order valence-corrected chi connectivity index (χ1v) is 9.45. The molecular weight excluding hydrogens is 390 g/mol. The van der Waals surface area contributed by atoms with Crippen molar-refractivity contribution < 1.29 is 14.3 Å². The highest BCUT2D eigenvalue weighted by atomic mass is 35.5. The van der Waals surface area contributed by atoms with E-state index >= 15 is 0 Å². The lowest BCUT2D eigenvalue weighted by Crippen LogP contribution is -2.23. The van der Waals surface area contributed by atoms with Crippen LogP contribution in [0.5, 0.6) is 11.5 Å². The summed E-state index contributed by atoms with van der Waals surface area (Å²) in [6.45, 7) is 0.601. The van der Waals surface area contributed by atoms with Gasteiger partial charge >= 0.3 is 0 Å². The highest BCUT2D eigenvalue weighted by molar-refractivity contribution is 6.30. The second-order valence-corrected chi connectivity index (χ2v) is 7.12. The molecule has 0 fully saturated rings. The molecule has 0 saturated heterocycles. The first-order valence-electron chi connectivity index (χ1n) is 9.07. The first-order chi connectivity index (χ1) is 14.2. The van der Waals surface area contributed by atoms with Crippen LogP contribution in [0.4, 0.5) is 0 Å². The summed E-state index contributed by atoms with van der Waals surface area (Å²) in [7, 11) is 0. The number of aromatic nitrogens is 2. The average molecular weight is 406 g/mol. The lowest BCUT2D eigenvalue weighted by molar-refractivity contribution is 0.0946. The zero-order chi connectivity index (χ0) is 19.8. The number of carbonyl (C=O) groups excluding carboxylic acids is 1. The lowest BCUT2D eigenvalue weighted by Gasteiger charge is -2.04. The highest BCUT2D eigenvalue weighted by Crippen LogP contribution is 2.32. The van der Waals surface area contributed by atoms with Gasteiger partial charge in [0.15, 0.2) is 11.5 Å². The molecule has 5 rings (SSSR count). The standard InChI is InChI=1S/C22H16ClN3O3/c23-17-5-2-15(3-6-17)16-4-8-21-25-18(12-26(21)11-16)22(27)24-10-14-1-7-19-20(9-14)29-13-28-19/h1-9,11-12H,10,13H2,(H,24,27). The van der Waals surface area contributed by atoms with Gasteiger partial charge in [-0.3, -0.25) is 4.79 Å². The van der Waals surface area contributed by atoms with Crippen LogP contribution in [0.3, 0.4) is 0 Å². The van der Waals surface area contributed by atoms with Gasteiger partial charge in [-0.1, -0.05) is 29.8 Å². The minimum atomic E-state index is -0.237. The Morgan fingerprint density at radius 3 is 2.66 bits per heavy atom. The van der Waals surface area contributed by atoms with Crippen LogP contribution in [0.1, 0.15) is 16.1 Å². The molecule has 1 aliphatic rings. The van der Waals surface area contributed by atoms with E-state index in [1.807, 2.05) is 65.2 Å². The van der Waals surface area contributed by atoms with Crippen LogP contribution < -0.4 is 14.8 Å². The Bertz CT molecular complexity index is 1220. The average Bonchev–Trinajstić information content (AvgIpc) is 3.38. The van der Waals surface area contributed by atoms with Gasteiger partial charge in [0, 0.05) is 24.0 Å². The van der Waals surface area contributed by atoms with Gasteiger partial charge in [0.2, 0.25) is 6.79 Å². The fourth-order valence-electron chi connectivity index (χ4n) is 3.24. The summed E-state index contributed by atoms with van der Waals surface area (Å²) in [6, 6.07) is 17.1. The number of amides is 1. The van der Waals surface area contributed by atoms with Crippen molar-refractivity contribution in [2.45, 2.75) is 6.54 Å². The van der Waals surface area contributed by atoms with Gasteiger partial charge in [-0.15, -0.1) is 0 Å². The number of benzene rings is 2. The van der Waals surface area contributed by atoms with Gasteiger partial charge in [-0.25, -0.2) is 4.98 Å². The molecule has 0 bridgehead atoms. The van der Waals surface area contributed by atoms with Crippen molar-refractivity contribution in [2.75, 3.05) is 6.79 Å². The molecule has 0 unspecified atom stereocenters. The number of fused-ring (bicyclic) bond motifs is 2.